The highest BCUT2D eigenvalue weighted by Crippen LogP contribution is 2.49. The summed E-state index contributed by atoms with van der Waals surface area (Å²) in [6, 6.07) is 4.95. The molecule has 0 unspecified atom stereocenters. The number of carbonyl (C=O) groups excluding carboxylic acids is 2. The molecule has 1 amide bonds. The van der Waals surface area contributed by atoms with E-state index in [9.17, 15) is 9.59 Å². The van der Waals surface area contributed by atoms with Crippen LogP contribution in [0.4, 0.5) is 5.69 Å². The first kappa shape index (κ1) is 18.1. The number of amides is 1. The van der Waals surface area contributed by atoms with Crippen LogP contribution in [0.25, 0.3) is 0 Å². The molecule has 136 valence electrons. The number of carbonyl (C=O) groups is 2. The van der Waals surface area contributed by atoms with E-state index in [2.05, 4.69) is 5.32 Å². The number of benzene rings is 1. The van der Waals surface area contributed by atoms with Gasteiger partial charge in [-0.2, -0.15) is 0 Å². The van der Waals surface area contributed by atoms with Gasteiger partial charge in [0.15, 0.2) is 6.10 Å². The molecule has 0 saturated heterocycles. The number of nitrogens with one attached hydrogen (secondary N) is 1. The third-order valence-electron chi connectivity index (χ3n) is 5.41. The summed E-state index contributed by atoms with van der Waals surface area (Å²) in [4.78, 5) is 24.5. The summed E-state index contributed by atoms with van der Waals surface area (Å²) in [5.74, 6) is 1.68. The fourth-order valence-corrected chi connectivity index (χ4v) is 4.32. The monoisotopic (exact) mass is 365 g/mol. The van der Waals surface area contributed by atoms with Gasteiger partial charge in [0.1, 0.15) is 5.75 Å². The minimum atomic E-state index is -0.866. The Morgan fingerprint density at radius 3 is 2.76 bits per heavy atom. The van der Waals surface area contributed by atoms with Gasteiger partial charge in [0, 0.05) is 11.4 Å². The molecule has 2 fully saturated rings. The summed E-state index contributed by atoms with van der Waals surface area (Å²) < 4.78 is 10.5. The highest BCUT2D eigenvalue weighted by molar-refractivity contribution is 6.31. The fraction of sp³-hybridized carbons (Fsp3) is 0.579. The number of rotatable bonds is 6. The van der Waals surface area contributed by atoms with Gasteiger partial charge >= 0.3 is 5.97 Å². The maximum atomic E-state index is 12.3. The quantitative estimate of drug-likeness (QED) is 0.772. The molecule has 1 N–H and O–H groups in total. The van der Waals surface area contributed by atoms with Crippen molar-refractivity contribution in [1.29, 1.82) is 0 Å². The van der Waals surface area contributed by atoms with E-state index in [4.69, 9.17) is 21.1 Å². The molecule has 2 saturated carbocycles. The van der Waals surface area contributed by atoms with E-state index in [1.807, 2.05) is 0 Å². The zero-order valence-electron chi connectivity index (χ0n) is 14.6. The molecular weight excluding hydrogens is 342 g/mol. The van der Waals surface area contributed by atoms with Gasteiger partial charge in [-0.1, -0.05) is 18.0 Å². The summed E-state index contributed by atoms with van der Waals surface area (Å²) in [5.41, 5.74) is 0.455. The van der Waals surface area contributed by atoms with E-state index in [1.165, 1.54) is 26.4 Å². The number of ether oxygens (including phenoxy) is 2. The van der Waals surface area contributed by atoms with Gasteiger partial charge in [-0.3, -0.25) is 9.59 Å². The van der Waals surface area contributed by atoms with E-state index in [0.717, 1.165) is 12.3 Å². The number of fused-ring (bicyclic) bond motifs is 2. The maximum Gasteiger partial charge on any atom is 0.306 e. The van der Waals surface area contributed by atoms with Crippen molar-refractivity contribution in [1.82, 2.24) is 0 Å². The van der Waals surface area contributed by atoms with Gasteiger partial charge in [0.25, 0.3) is 5.91 Å². The van der Waals surface area contributed by atoms with Crippen molar-refractivity contribution in [3.63, 3.8) is 0 Å². The molecule has 0 aliphatic heterocycles. The lowest BCUT2D eigenvalue weighted by molar-refractivity contribution is -0.154. The van der Waals surface area contributed by atoms with Gasteiger partial charge in [-0.05, 0) is 62.1 Å². The second-order valence-electron chi connectivity index (χ2n) is 7.11. The molecule has 6 heteroatoms. The predicted molar refractivity (Wildman–Crippen MR) is 95.7 cm³/mol. The first-order valence-corrected chi connectivity index (χ1v) is 9.18. The van der Waals surface area contributed by atoms with E-state index >= 15 is 0 Å². The summed E-state index contributed by atoms with van der Waals surface area (Å²) in [6.07, 6.45) is 4.46. The smallest absolute Gasteiger partial charge is 0.306 e. The minimum absolute atomic E-state index is 0.293. The van der Waals surface area contributed by atoms with Crippen molar-refractivity contribution in [3.05, 3.63) is 23.2 Å². The van der Waals surface area contributed by atoms with Gasteiger partial charge < -0.3 is 14.8 Å². The van der Waals surface area contributed by atoms with Crippen LogP contribution in [0.15, 0.2) is 18.2 Å². The Bertz CT molecular complexity index is 663. The Balaban J connectivity index is 1.52. The number of esters is 1. The number of hydrogen-bond donors (Lipinski definition) is 1. The minimum Gasteiger partial charge on any atom is -0.495 e. The zero-order valence-corrected chi connectivity index (χ0v) is 15.3. The van der Waals surface area contributed by atoms with Crippen LogP contribution in [0.2, 0.25) is 5.02 Å². The predicted octanol–water partition coefficient (Wildman–Crippen LogP) is 4.05. The van der Waals surface area contributed by atoms with E-state index in [-0.39, 0.29) is 5.97 Å². The highest BCUT2D eigenvalue weighted by Gasteiger charge is 2.40. The van der Waals surface area contributed by atoms with E-state index in [1.54, 1.807) is 25.1 Å². The zero-order chi connectivity index (χ0) is 18.0. The first-order chi connectivity index (χ1) is 12.0. The standard InChI is InChI=1S/C19H24ClNO4/c1-11(19(23)21-16-10-15(20)5-6-17(16)24-2)25-18(22)9-14-8-12-3-4-13(14)7-12/h5-6,10-14H,3-4,7-9H2,1-2H3,(H,21,23)/t11-,12+,13+,14-/m1/s1. The van der Waals surface area contributed by atoms with Crippen LogP contribution in [0.1, 0.15) is 39.0 Å². The van der Waals surface area contributed by atoms with Crippen LogP contribution < -0.4 is 10.1 Å². The third kappa shape index (κ3) is 4.27. The molecule has 3 rings (SSSR count). The normalized spacial score (nSPS) is 25.5. The van der Waals surface area contributed by atoms with Crippen LogP contribution in [-0.4, -0.2) is 25.1 Å². The molecule has 4 atom stereocenters. The molecule has 5 nitrogen and oxygen atoms in total. The molecule has 2 aliphatic carbocycles. The molecule has 2 aliphatic rings. The second kappa shape index (κ2) is 7.65. The van der Waals surface area contributed by atoms with Crippen molar-refractivity contribution in [3.8, 4) is 5.75 Å². The lowest BCUT2D eigenvalue weighted by atomic mass is 9.86. The molecule has 0 heterocycles. The van der Waals surface area contributed by atoms with E-state index in [0.29, 0.717) is 34.7 Å². The van der Waals surface area contributed by atoms with Crippen molar-refractivity contribution in [2.24, 2.45) is 17.8 Å². The van der Waals surface area contributed by atoms with Crippen LogP contribution in [-0.2, 0) is 14.3 Å². The average molecular weight is 366 g/mol. The van der Waals surface area contributed by atoms with Crippen LogP contribution in [0.5, 0.6) is 5.75 Å². The summed E-state index contributed by atoms with van der Waals surface area (Å²) in [5, 5.41) is 3.19. The Morgan fingerprint density at radius 2 is 2.12 bits per heavy atom. The second-order valence-corrected chi connectivity index (χ2v) is 7.54. The molecule has 1 aromatic carbocycles. The van der Waals surface area contributed by atoms with Crippen molar-refractivity contribution in [2.45, 2.75) is 45.1 Å². The number of anilines is 1. The fourth-order valence-electron chi connectivity index (χ4n) is 4.15. The molecular formula is C19H24ClNO4. The van der Waals surface area contributed by atoms with Gasteiger partial charge in [0.2, 0.25) is 0 Å². The first-order valence-electron chi connectivity index (χ1n) is 8.80. The topological polar surface area (TPSA) is 64.6 Å². The van der Waals surface area contributed by atoms with Gasteiger partial charge in [-0.25, -0.2) is 0 Å². The number of halogens is 1. The SMILES string of the molecule is COc1ccc(Cl)cc1NC(=O)[C@@H](C)OC(=O)C[C@H]1C[C@H]2CC[C@H]1C2. The van der Waals surface area contributed by atoms with Crippen molar-refractivity contribution >= 4 is 29.2 Å². The summed E-state index contributed by atoms with van der Waals surface area (Å²) >= 11 is 5.95. The largest absolute Gasteiger partial charge is 0.495 e. The summed E-state index contributed by atoms with van der Waals surface area (Å²) in [6.45, 7) is 1.57. The van der Waals surface area contributed by atoms with Crippen LogP contribution in [0.3, 0.4) is 0 Å². The number of hydrogen-bond acceptors (Lipinski definition) is 4. The lowest BCUT2D eigenvalue weighted by Crippen LogP contribution is -2.31. The van der Waals surface area contributed by atoms with Crippen molar-refractivity contribution in [2.75, 3.05) is 12.4 Å². The maximum absolute atomic E-state index is 12.3. The van der Waals surface area contributed by atoms with Crippen LogP contribution >= 0.6 is 11.6 Å². The van der Waals surface area contributed by atoms with Gasteiger partial charge in [-0.15, -0.1) is 0 Å². The highest BCUT2D eigenvalue weighted by atomic mass is 35.5. The average Bonchev–Trinajstić information content (AvgIpc) is 3.17. The molecule has 0 aromatic heterocycles. The van der Waals surface area contributed by atoms with Crippen molar-refractivity contribution < 1.29 is 19.1 Å². The molecule has 0 radical (unpaired) electrons. The number of methoxy groups -OCH3 is 1. The Labute approximate surface area is 153 Å². The molecule has 0 spiro atoms. The molecule has 1 aromatic rings. The van der Waals surface area contributed by atoms with Crippen LogP contribution in [0, 0.1) is 17.8 Å². The summed E-state index contributed by atoms with van der Waals surface area (Å²) in [7, 11) is 1.51. The third-order valence-corrected chi connectivity index (χ3v) is 5.65. The van der Waals surface area contributed by atoms with E-state index < -0.39 is 12.0 Å². The van der Waals surface area contributed by atoms with Gasteiger partial charge in [0.05, 0.1) is 12.8 Å². The molecule has 2 bridgehead atoms. The Morgan fingerprint density at radius 1 is 1.32 bits per heavy atom. The Kier molecular flexibility index (Phi) is 5.52. The Hall–Kier alpha value is -1.75. The molecule has 25 heavy (non-hydrogen) atoms. The lowest BCUT2D eigenvalue weighted by Gasteiger charge is -2.21.